The van der Waals surface area contributed by atoms with E-state index in [0.29, 0.717) is 0 Å². The van der Waals surface area contributed by atoms with Gasteiger partial charge in [-0.1, -0.05) is 62.2 Å². The van der Waals surface area contributed by atoms with Crippen LogP contribution in [0.1, 0.15) is 43.0 Å². The number of halogens is 1. The fourth-order valence-electron chi connectivity index (χ4n) is 3.05. The molecule has 2 heteroatoms. The van der Waals surface area contributed by atoms with Gasteiger partial charge in [-0.2, -0.15) is 0 Å². The lowest BCUT2D eigenvalue weighted by Gasteiger charge is -2.23. The summed E-state index contributed by atoms with van der Waals surface area (Å²) in [6.45, 7) is 8.73. The highest BCUT2D eigenvalue weighted by Crippen LogP contribution is 2.41. The Kier molecular flexibility index (Phi) is 3.94. The normalized spacial score (nSPS) is 17.2. The minimum Gasteiger partial charge on any atom is -0.489 e. The van der Waals surface area contributed by atoms with E-state index in [-0.39, 0.29) is 11.5 Å². The maximum absolute atomic E-state index is 6.30. The number of hydrogen-bond acceptors (Lipinski definition) is 1. The zero-order valence-corrected chi connectivity index (χ0v) is 14.5. The second kappa shape index (κ2) is 5.62. The third-order valence-corrected chi connectivity index (χ3v) is 4.47. The van der Waals surface area contributed by atoms with Crippen LogP contribution in [0.15, 0.2) is 36.4 Å². The number of benzene rings is 2. The van der Waals surface area contributed by atoms with Crippen LogP contribution in [0.2, 0.25) is 5.02 Å². The summed E-state index contributed by atoms with van der Waals surface area (Å²) in [5, 5.41) is 0.809. The van der Waals surface area contributed by atoms with Gasteiger partial charge in [0.2, 0.25) is 0 Å². The number of fused-ring (bicyclic) bond motifs is 1. The number of ether oxygens (including phenoxy) is 1. The van der Waals surface area contributed by atoms with E-state index in [1.807, 2.05) is 0 Å². The van der Waals surface area contributed by atoms with Gasteiger partial charge in [-0.15, -0.1) is 0 Å². The highest BCUT2D eigenvalue weighted by atomic mass is 35.5. The van der Waals surface area contributed by atoms with Gasteiger partial charge in [0, 0.05) is 23.4 Å². The molecule has 1 atom stereocenters. The fourth-order valence-corrected chi connectivity index (χ4v) is 3.29. The number of aryl methyl sites for hydroxylation is 1. The lowest BCUT2D eigenvalue weighted by molar-refractivity contribution is 0.229. The van der Waals surface area contributed by atoms with Crippen molar-refractivity contribution in [2.24, 2.45) is 0 Å². The zero-order chi connectivity index (χ0) is 15.9. The first kappa shape index (κ1) is 15.4. The van der Waals surface area contributed by atoms with Gasteiger partial charge < -0.3 is 4.74 Å². The molecule has 0 amide bonds. The summed E-state index contributed by atoms with van der Waals surface area (Å²) < 4.78 is 6.30. The lowest BCUT2D eigenvalue weighted by atomic mass is 9.85. The minimum atomic E-state index is 0.0354. The quantitative estimate of drug-likeness (QED) is 0.712. The molecule has 1 heterocycles. The van der Waals surface area contributed by atoms with Crippen LogP contribution in [0.3, 0.4) is 0 Å². The molecule has 0 spiro atoms. The second-order valence-corrected chi connectivity index (χ2v) is 7.76. The van der Waals surface area contributed by atoms with Gasteiger partial charge in [-0.25, -0.2) is 0 Å². The van der Waals surface area contributed by atoms with Crippen LogP contribution in [0, 0.1) is 6.92 Å². The summed E-state index contributed by atoms with van der Waals surface area (Å²) in [4.78, 5) is 0. The molecule has 0 saturated heterocycles. The van der Waals surface area contributed by atoms with Gasteiger partial charge in [0.05, 0.1) is 0 Å². The molecule has 0 aliphatic carbocycles. The predicted molar refractivity (Wildman–Crippen MR) is 93.2 cm³/mol. The molecule has 22 heavy (non-hydrogen) atoms. The van der Waals surface area contributed by atoms with Gasteiger partial charge in [-0.05, 0) is 35.6 Å². The third-order valence-electron chi connectivity index (χ3n) is 4.25. The topological polar surface area (TPSA) is 9.23 Å². The fraction of sp³-hybridized carbons (Fsp3) is 0.400. The van der Waals surface area contributed by atoms with Crippen molar-refractivity contribution in [2.75, 3.05) is 0 Å². The van der Waals surface area contributed by atoms with E-state index < -0.39 is 0 Å². The van der Waals surface area contributed by atoms with E-state index >= 15 is 0 Å². The highest BCUT2D eigenvalue weighted by molar-refractivity contribution is 6.30. The molecule has 0 bridgehead atoms. The SMILES string of the molecule is Cc1ccc(CC2Cc3cc(Cl)cc(C(C)(C)C)c3O2)cc1. The zero-order valence-electron chi connectivity index (χ0n) is 13.7. The molecule has 3 rings (SSSR count). The van der Waals surface area contributed by atoms with E-state index in [0.717, 1.165) is 23.6 Å². The largest absolute Gasteiger partial charge is 0.489 e. The first-order valence-electron chi connectivity index (χ1n) is 7.88. The molecule has 0 radical (unpaired) electrons. The van der Waals surface area contributed by atoms with Crippen molar-refractivity contribution in [3.05, 3.63) is 63.7 Å². The van der Waals surface area contributed by atoms with Crippen molar-refractivity contribution in [1.29, 1.82) is 0 Å². The Labute approximate surface area is 138 Å². The van der Waals surface area contributed by atoms with Gasteiger partial charge in [0.1, 0.15) is 11.9 Å². The number of rotatable bonds is 2. The van der Waals surface area contributed by atoms with Crippen molar-refractivity contribution in [3.8, 4) is 5.75 Å². The smallest absolute Gasteiger partial charge is 0.126 e. The maximum Gasteiger partial charge on any atom is 0.126 e. The Morgan fingerprint density at radius 1 is 1.14 bits per heavy atom. The average Bonchev–Trinajstić information content (AvgIpc) is 2.81. The Morgan fingerprint density at radius 3 is 2.45 bits per heavy atom. The summed E-state index contributed by atoms with van der Waals surface area (Å²) in [6, 6.07) is 12.8. The third kappa shape index (κ3) is 3.15. The van der Waals surface area contributed by atoms with E-state index in [1.54, 1.807) is 0 Å². The molecule has 2 aromatic rings. The molecule has 2 aromatic carbocycles. The molecule has 1 unspecified atom stereocenters. The molecule has 1 aliphatic rings. The van der Waals surface area contributed by atoms with Crippen molar-refractivity contribution >= 4 is 11.6 Å². The predicted octanol–water partition coefficient (Wildman–Crippen LogP) is 5.49. The van der Waals surface area contributed by atoms with Gasteiger partial charge in [0.25, 0.3) is 0 Å². The van der Waals surface area contributed by atoms with E-state index in [1.165, 1.54) is 22.3 Å². The van der Waals surface area contributed by atoms with Crippen LogP contribution in [0.5, 0.6) is 5.75 Å². The summed E-state index contributed by atoms with van der Waals surface area (Å²) in [5.41, 5.74) is 5.11. The van der Waals surface area contributed by atoms with Crippen LogP contribution < -0.4 is 4.74 Å². The molecule has 116 valence electrons. The standard InChI is InChI=1S/C20H23ClO/c1-13-5-7-14(8-6-13)9-17-11-15-10-16(21)12-18(19(15)22-17)20(2,3)4/h5-8,10,12,17H,9,11H2,1-4H3. The Bertz CT molecular complexity index is 680. The Hall–Kier alpha value is -1.47. The van der Waals surface area contributed by atoms with Crippen LogP contribution in [-0.4, -0.2) is 6.10 Å². The summed E-state index contributed by atoms with van der Waals surface area (Å²) in [5.74, 6) is 1.05. The lowest BCUT2D eigenvalue weighted by Crippen LogP contribution is -2.18. The van der Waals surface area contributed by atoms with E-state index in [9.17, 15) is 0 Å². The van der Waals surface area contributed by atoms with Crippen molar-refractivity contribution in [1.82, 2.24) is 0 Å². The molecule has 0 fully saturated rings. The van der Waals surface area contributed by atoms with E-state index in [4.69, 9.17) is 16.3 Å². The average molecular weight is 315 g/mol. The van der Waals surface area contributed by atoms with Crippen LogP contribution in [0.4, 0.5) is 0 Å². The van der Waals surface area contributed by atoms with Crippen molar-refractivity contribution < 1.29 is 4.74 Å². The Morgan fingerprint density at radius 2 is 1.82 bits per heavy atom. The number of hydrogen-bond donors (Lipinski definition) is 0. The minimum absolute atomic E-state index is 0.0354. The van der Waals surface area contributed by atoms with Crippen LogP contribution in [0.25, 0.3) is 0 Å². The van der Waals surface area contributed by atoms with Gasteiger partial charge in [-0.3, -0.25) is 0 Å². The molecule has 1 nitrogen and oxygen atoms in total. The molecular formula is C20H23ClO. The molecule has 0 saturated carbocycles. The van der Waals surface area contributed by atoms with Gasteiger partial charge >= 0.3 is 0 Å². The molecular weight excluding hydrogens is 292 g/mol. The van der Waals surface area contributed by atoms with Crippen LogP contribution >= 0.6 is 11.6 Å². The second-order valence-electron chi connectivity index (χ2n) is 7.33. The summed E-state index contributed by atoms with van der Waals surface area (Å²) in [7, 11) is 0. The summed E-state index contributed by atoms with van der Waals surface area (Å²) >= 11 is 6.30. The summed E-state index contributed by atoms with van der Waals surface area (Å²) in [6.07, 6.45) is 2.08. The van der Waals surface area contributed by atoms with E-state index in [2.05, 4.69) is 64.1 Å². The van der Waals surface area contributed by atoms with Gasteiger partial charge in [0.15, 0.2) is 0 Å². The molecule has 0 N–H and O–H groups in total. The van der Waals surface area contributed by atoms with Crippen molar-refractivity contribution in [3.63, 3.8) is 0 Å². The first-order valence-corrected chi connectivity index (χ1v) is 8.26. The highest BCUT2D eigenvalue weighted by Gasteiger charge is 2.30. The molecule has 0 aromatic heterocycles. The van der Waals surface area contributed by atoms with Crippen molar-refractivity contribution in [2.45, 2.75) is 52.1 Å². The molecule has 1 aliphatic heterocycles. The van der Waals surface area contributed by atoms with Crippen LogP contribution in [-0.2, 0) is 18.3 Å². The first-order chi connectivity index (χ1) is 10.3. The monoisotopic (exact) mass is 314 g/mol. The maximum atomic E-state index is 6.30. The Balaban J connectivity index is 1.84.